The van der Waals surface area contributed by atoms with Gasteiger partial charge in [0.1, 0.15) is 13.2 Å². The minimum atomic E-state index is -0.597. The van der Waals surface area contributed by atoms with Gasteiger partial charge in [-0.1, -0.05) is 30.3 Å². The molecule has 0 atom stereocenters. The third-order valence-electron chi connectivity index (χ3n) is 2.82. The SMILES string of the molecule is O=C(NCCOc1ncc(Br)cc1[N+](=O)[O-])OCc1ccccc1. The second kappa shape index (κ2) is 8.82. The minimum absolute atomic E-state index is 0.0237. The van der Waals surface area contributed by atoms with Crippen molar-refractivity contribution in [3.8, 4) is 5.88 Å². The summed E-state index contributed by atoms with van der Waals surface area (Å²) in [5.74, 6) is -0.109. The molecule has 0 spiro atoms. The number of halogens is 1. The highest BCUT2D eigenvalue weighted by Crippen LogP contribution is 2.26. The summed E-state index contributed by atoms with van der Waals surface area (Å²) in [5.41, 5.74) is 0.620. The first kappa shape index (κ1) is 17.7. The van der Waals surface area contributed by atoms with Crippen LogP contribution < -0.4 is 10.1 Å². The molecule has 126 valence electrons. The Morgan fingerprint density at radius 3 is 2.79 bits per heavy atom. The summed E-state index contributed by atoms with van der Waals surface area (Å²) < 4.78 is 10.7. The molecule has 2 aromatic rings. The van der Waals surface area contributed by atoms with Crippen molar-refractivity contribution in [3.05, 3.63) is 62.7 Å². The number of amides is 1. The van der Waals surface area contributed by atoms with E-state index in [1.807, 2.05) is 30.3 Å². The second-order valence-electron chi connectivity index (χ2n) is 4.57. The van der Waals surface area contributed by atoms with Gasteiger partial charge in [-0.3, -0.25) is 10.1 Å². The van der Waals surface area contributed by atoms with E-state index in [1.54, 1.807) is 0 Å². The fourth-order valence-electron chi connectivity index (χ4n) is 1.73. The third-order valence-corrected chi connectivity index (χ3v) is 3.25. The van der Waals surface area contributed by atoms with E-state index in [1.165, 1.54) is 12.3 Å². The van der Waals surface area contributed by atoms with Gasteiger partial charge >= 0.3 is 11.8 Å². The van der Waals surface area contributed by atoms with E-state index in [9.17, 15) is 14.9 Å². The van der Waals surface area contributed by atoms with Gasteiger partial charge in [-0.2, -0.15) is 0 Å². The van der Waals surface area contributed by atoms with E-state index < -0.39 is 11.0 Å². The van der Waals surface area contributed by atoms with Crippen molar-refractivity contribution in [2.45, 2.75) is 6.61 Å². The van der Waals surface area contributed by atoms with Gasteiger partial charge in [0.05, 0.1) is 11.5 Å². The van der Waals surface area contributed by atoms with E-state index in [0.29, 0.717) is 4.47 Å². The number of carbonyl (C=O) groups excluding carboxylic acids is 1. The highest BCUT2D eigenvalue weighted by molar-refractivity contribution is 9.10. The molecular weight excluding hydrogens is 382 g/mol. The monoisotopic (exact) mass is 395 g/mol. The molecule has 0 radical (unpaired) electrons. The van der Waals surface area contributed by atoms with Crippen LogP contribution in [0.3, 0.4) is 0 Å². The molecule has 1 heterocycles. The van der Waals surface area contributed by atoms with Crippen LogP contribution in [0.25, 0.3) is 0 Å². The number of nitro groups is 1. The first-order valence-electron chi connectivity index (χ1n) is 6.93. The van der Waals surface area contributed by atoms with Crippen molar-refractivity contribution in [1.82, 2.24) is 10.3 Å². The molecular formula is C15H14BrN3O5. The maximum atomic E-state index is 11.5. The topological polar surface area (TPSA) is 104 Å². The van der Waals surface area contributed by atoms with E-state index >= 15 is 0 Å². The van der Waals surface area contributed by atoms with Crippen molar-refractivity contribution in [1.29, 1.82) is 0 Å². The van der Waals surface area contributed by atoms with Crippen LogP contribution >= 0.6 is 15.9 Å². The predicted molar refractivity (Wildman–Crippen MR) is 88.7 cm³/mol. The number of benzene rings is 1. The van der Waals surface area contributed by atoms with E-state index in [-0.39, 0.29) is 31.3 Å². The van der Waals surface area contributed by atoms with Gasteiger partial charge in [-0.25, -0.2) is 9.78 Å². The summed E-state index contributed by atoms with van der Waals surface area (Å²) in [6.07, 6.45) is 0.796. The largest absolute Gasteiger partial charge is 0.471 e. The van der Waals surface area contributed by atoms with Crippen LogP contribution in [-0.4, -0.2) is 29.2 Å². The molecule has 1 aromatic heterocycles. The molecule has 1 N–H and O–H groups in total. The number of pyridine rings is 1. The first-order chi connectivity index (χ1) is 11.6. The number of hydrogen-bond acceptors (Lipinski definition) is 6. The van der Waals surface area contributed by atoms with Gasteiger partial charge in [-0.15, -0.1) is 0 Å². The van der Waals surface area contributed by atoms with Crippen molar-refractivity contribution >= 4 is 27.7 Å². The lowest BCUT2D eigenvalue weighted by Gasteiger charge is -2.08. The molecule has 0 saturated carbocycles. The quantitative estimate of drug-likeness (QED) is 0.438. The van der Waals surface area contributed by atoms with Gasteiger partial charge in [0.15, 0.2) is 0 Å². The molecule has 1 aromatic carbocycles. The van der Waals surface area contributed by atoms with Crippen molar-refractivity contribution < 1.29 is 19.2 Å². The Hall–Kier alpha value is -2.68. The number of ether oxygens (including phenoxy) is 2. The molecule has 0 unspecified atom stereocenters. The first-order valence-corrected chi connectivity index (χ1v) is 7.73. The molecule has 8 nitrogen and oxygen atoms in total. The Morgan fingerprint density at radius 2 is 2.08 bits per heavy atom. The highest BCUT2D eigenvalue weighted by atomic mass is 79.9. The number of aromatic nitrogens is 1. The van der Waals surface area contributed by atoms with Crippen LogP contribution in [0.2, 0.25) is 0 Å². The Balaban J connectivity index is 1.73. The van der Waals surface area contributed by atoms with Crippen LogP contribution in [0.4, 0.5) is 10.5 Å². The summed E-state index contributed by atoms with van der Waals surface area (Å²) in [6.45, 7) is 0.311. The van der Waals surface area contributed by atoms with Crippen LogP contribution in [0.1, 0.15) is 5.56 Å². The predicted octanol–water partition coefficient (Wildman–Crippen LogP) is 3.06. The van der Waals surface area contributed by atoms with E-state index in [4.69, 9.17) is 9.47 Å². The molecule has 0 aliphatic carbocycles. The number of hydrogen-bond donors (Lipinski definition) is 1. The summed E-state index contributed by atoms with van der Waals surface area (Å²) in [4.78, 5) is 25.7. The van der Waals surface area contributed by atoms with Crippen LogP contribution in [0.5, 0.6) is 5.88 Å². The fraction of sp³-hybridized carbons (Fsp3) is 0.200. The average molecular weight is 396 g/mol. The van der Waals surface area contributed by atoms with Crippen LogP contribution in [-0.2, 0) is 11.3 Å². The zero-order valence-electron chi connectivity index (χ0n) is 12.5. The van der Waals surface area contributed by atoms with E-state index in [2.05, 4.69) is 26.2 Å². The Labute approximate surface area is 146 Å². The normalized spacial score (nSPS) is 10.0. The lowest BCUT2D eigenvalue weighted by Crippen LogP contribution is -2.28. The highest BCUT2D eigenvalue weighted by Gasteiger charge is 2.17. The fourth-order valence-corrected chi connectivity index (χ4v) is 2.05. The smallest absolute Gasteiger partial charge is 0.407 e. The molecule has 0 bridgehead atoms. The number of carbonyl (C=O) groups is 1. The molecule has 9 heteroatoms. The summed E-state index contributed by atoms with van der Waals surface area (Å²) in [6, 6.07) is 10.6. The molecule has 1 amide bonds. The minimum Gasteiger partial charge on any atom is -0.471 e. The molecule has 24 heavy (non-hydrogen) atoms. The Bertz CT molecular complexity index is 712. The average Bonchev–Trinajstić information content (AvgIpc) is 2.58. The standard InChI is InChI=1S/C15H14BrN3O5/c16-12-8-13(19(21)22)14(18-9-12)23-7-6-17-15(20)24-10-11-4-2-1-3-5-11/h1-5,8-9H,6-7,10H2,(H,17,20). The summed E-state index contributed by atoms with van der Waals surface area (Å²) in [5, 5.41) is 13.4. The number of nitrogens with one attached hydrogen (secondary N) is 1. The lowest BCUT2D eigenvalue weighted by molar-refractivity contribution is -0.386. The molecule has 2 rings (SSSR count). The lowest BCUT2D eigenvalue weighted by atomic mass is 10.2. The molecule has 0 aliphatic heterocycles. The van der Waals surface area contributed by atoms with Crippen LogP contribution in [0.15, 0.2) is 47.1 Å². The van der Waals surface area contributed by atoms with Gasteiger partial charge in [0, 0.05) is 16.7 Å². The third kappa shape index (κ3) is 5.51. The van der Waals surface area contributed by atoms with Gasteiger partial charge in [0.2, 0.25) is 0 Å². The summed E-state index contributed by atoms with van der Waals surface area (Å²) >= 11 is 3.11. The van der Waals surface area contributed by atoms with Crippen LogP contribution in [0, 0.1) is 10.1 Å². The zero-order valence-corrected chi connectivity index (χ0v) is 14.1. The van der Waals surface area contributed by atoms with Gasteiger partial charge in [0.25, 0.3) is 5.88 Å². The number of nitrogens with zero attached hydrogens (tertiary/aromatic N) is 2. The summed E-state index contributed by atoms with van der Waals surface area (Å²) in [7, 11) is 0. The molecule has 0 fully saturated rings. The maximum Gasteiger partial charge on any atom is 0.407 e. The van der Waals surface area contributed by atoms with Crippen molar-refractivity contribution in [2.75, 3.05) is 13.2 Å². The van der Waals surface area contributed by atoms with Gasteiger partial charge in [-0.05, 0) is 21.5 Å². The number of alkyl carbamates (subject to hydrolysis) is 1. The van der Waals surface area contributed by atoms with Crippen molar-refractivity contribution in [2.24, 2.45) is 0 Å². The Kier molecular flexibility index (Phi) is 6.50. The Morgan fingerprint density at radius 1 is 1.33 bits per heavy atom. The zero-order chi connectivity index (χ0) is 17.4. The second-order valence-corrected chi connectivity index (χ2v) is 5.49. The number of rotatable bonds is 7. The molecule has 0 aliphatic rings. The van der Waals surface area contributed by atoms with E-state index in [0.717, 1.165) is 5.56 Å². The maximum absolute atomic E-state index is 11.5. The van der Waals surface area contributed by atoms with Gasteiger partial charge < -0.3 is 14.8 Å². The van der Waals surface area contributed by atoms with Crippen molar-refractivity contribution in [3.63, 3.8) is 0 Å². The molecule has 0 saturated heterocycles.